The summed E-state index contributed by atoms with van der Waals surface area (Å²) in [5.41, 5.74) is 0.0339. The van der Waals surface area contributed by atoms with Crippen LogP contribution in [0.2, 0.25) is 0 Å². The standard InChI is InChI=1S/C11H12N2O4/c1-12-11(14)8-3-2-4-9(13(15)16)10(8)17-7-5-6-7/h2-4,7H,5-6H2,1H3,(H,12,14). The number of para-hydroxylation sites is 1. The van der Waals surface area contributed by atoms with Crippen molar-refractivity contribution < 1.29 is 14.5 Å². The largest absolute Gasteiger partial charge is 0.483 e. The molecule has 6 nitrogen and oxygen atoms in total. The number of nitrogens with one attached hydrogen (secondary N) is 1. The summed E-state index contributed by atoms with van der Waals surface area (Å²) in [6, 6.07) is 4.33. The Morgan fingerprint density at radius 3 is 2.76 bits per heavy atom. The van der Waals surface area contributed by atoms with Crippen molar-refractivity contribution in [1.82, 2.24) is 5.32 Å². The number of amides is 1. The van der Waals surface area contributed by atoms with Crippen molar-refractivity contribution >= 4 is 11.6 Å². The number of carbonyl (C=O) groups excluding carboxylic acids is 1. The van der Waals surface area contributed by atoms with E-state index in [1.54, 1.807) is 0 Å². The van der Waals surface area contributed by atoms with Crippen molar-refractivity contribution in [3.63, 3.8) is 0 Å². The highest BCUT2D eigenvalue weighted by atomic mass is 16.6. The van der Waals surface area contributed by atoms with E-state index < -0.39 is 4.92 Å². The van der Waals surface area contributed by atoms with Crippen LogP contribution in [0.5, 0.6) is 5.75 Å². The lowest BCUT2D eigenvalue weighted by Gasteiger charge is -2.09. The van der Waals surface area contributed by atoms with Gasteiger partial charge in [0.15, 0.2) is 0 Å². The van der Waals surface area contributed by atoms with Gasteiger partial charge in [-0.15, -0.1) is 0 Å². The number of rotatable bonds is 4. The van der Waals surface area contributed by atoms with Gasteiger partial charge in [-0.3, -0.25) is 14.9 Å². The Balaban J connectivity index is 2.45. The van der Waals surface area contributed by atoms with Gasteiger partial charge in [-0.2, -0.15) is 0 Å². The first-order chi connectivity index (χ1) is 8.13. The molecule has 1 aromatic carbocycles. The van der Waals surface area contributed by atoms with Crippen molar-refractivity contribution in [2.24, 2.45) is 0 Å². The van der Waals surface area contributed by atoms with E-state index >= 15 is 0 Å². The fourth-order valence-corrected chi connectivity index (χ4v) is 1.46. The average molecular weight is 236 g/mol. The van der Waals surface area contributed by atoms with Crippen LogP contribution in [0.3, 0.4) is 0 Å². The molecule has 1 fully saturated rings. The van der Waals surface area contributed by atoms with Gasteiger partial charge < -0.3 is 10.1 Å². The third-order valence-corrected chi connectivity index (χ3v) is 2.47. The highest BCUT2D eigenvalue weighted by molar-refractivity contribution is 5.98. The van der Waals surface area contributed by atoms with Crippen LogP contribution in [0.25, 0.3) is 0 Å². The molecular weight excluding hydrogens is 224 g/mol. The molecule has 2 rings (SSSR count). The maximum atomic E-state index is 11.6. The van der Waals surface area contributed by atoms with Crippen LogP contribution in [-0.2, 0) is 0 Å². The zero-order valence-corrected chi connectivity index (χ0v) is 9.30. The van der Waals surface area contributed by atoms with Gasteiger partial charge >= 0.3 is 5.69 Å². The molecule has 6 heteroatoms. The average Bonchev–Trinajstić information content (AvgIpc) is 3.12. The molecule has 0 bridgehead atoms. The molecule has 1 aliphatic rings. The molecule has 1 aliphatic carbocycles. The second kappa shape index (κ2) is 4.40. The van der Waals surface area contributed by atoms with Crippen LogP contribution in [0.4, 0.5) is 5.69 Å². The van der Waals surface area contributed by atoms with Crippen molar-refractivity contribution in [2.75, 3.05) is 7.05 Å². The molecule has 0 heterocycles. The molecule has 0 aromatic heterocycles. The summed E-state index contributed by atoms with van der Waals surface area (Å²) in [5.74, 6) is -0.316. The summed E-state index contributed by atoms with van der Waals surface area (Å²) in [7, 11) is 1.47. The summed E-state index contributed by atoms with van der Waals surface area (Å²) >= 11 is 0. The predicted molar refractivity (Wildman–Crippen MR) is 60.1 cm³/mol. The Morgan fingerprint density at radius 1 is 1.53 bits per heavy atom. The van der Waals surface area contributed by atoms with Crippen LogP contribution < -0.4 is 10.1 Å². The van der Waals surface area contributed by atoms with Crippen LogP contribution in [0.1, 0.15) is 23.2 Å². The summed E-state index contributed by atoms with van der Waals surface area (Å²) in [6.07, 6.45) is 1.75. The van der Waals surface area contributed by atoms with Gasteiger partial charge in [-0.25, -0.2) is 0 Å². The fourth-order valence-electron chi connectivity index (χ4n) is 1.46. The zero-order valence-electron chi connectivity index (χ0n) is 9.30. The van der Waals surface area contributed by atoms with E-state index in [0.717, 1.165) is 12.8 Å². The summed E-state index contributed by atoms with van der Waals surface area (Å²) in [4.78, 5) is 21.9. The second-order valence-corrected chi connectivity index (χ2v) is 3.81. The minimum atomic E-state index is -0.538. The first kappa shape index (κ1) is 11.4. The van der Waals surface area contributed by atoms with Crippen molar-refractivity contribution in [3.8, 4) is 5.75 Å². The molecule has 1 N–H and O–H groups in total. The highest BCUT2D eigenvalue weighted by Gasteiger charge is 2.30. The van der Waals surface area contributed by atoms with E-state index in [1.165, 1.54) is 25.2 Å². The number of hydrogen-bond acceptors (Lipinski definition) is 4. The highest BCUT2D eigenvalue weighted by Crippen LogP contribution is 2.36. The minimum absolute atomic E-state index is 0.000457. The molecule has 0 spiro atoms. The number of benzene rings is 1. The molecule has 1 amide bonds. The van der Waals surface area contributed by atoms with Crippen molar-refractivity contribution in [1.29, 1.82) is 0 Å². The summed E-state index contributed by atoms with van der Waals surface area (Å²) in [5, 5.41) is 13.3. The van der Waals surface area contributed by atoms with Crippen LogP contribution in [0, 0.1) is 10.1 Å². The summed E-state index contributed by atoms with van der Waals surface area (Å²) in [6.45, 7) is 0. The molecule has 0 atom stereocenters. The lowest BCUT2D eigenvalue weighted by atomic mass is 10.1. The van der Waals surface area contributed by atoms with Gasteiger partial charge in [0.2, 0.25) is 5.75 Å². The third-order valence-electron chi connectivity index (χ3n) is 2.47. The predicted octanol–water partition coefficient (Wildman–Crippen LogP) is 1.50. The Labute approximate surface area is 97.7 Å². The second-order valence-electron chi connectivity index (χ2n) is 3.81. The number of nitrogens with zero attached hydrogens (tertiary/aromatic N) is 1. The molecule has 0 radical (unpaired) electrons. The Morgan fingerprint density at radius 2 is 2.24 bits per heavy atom. The van der Waals surface area contributed by atoms with E-state index in [2.05, 4.69) is 5.32 Å². The molecule has 90 valence electrons. The van der Waals surface area contributed by atoms with Gasteiger partial charge in [0.25, 0.3) is 5.91 Å². The van der Waals surface area contributed by atoms with E-state index in [4.69, 9.17) is 4.74 Å². The minimum Gasteiger partial charge on any atom is -0.483 e. The lowest BCUT2D eigenvalue weighted by Crippen LogP contribution is -2.19. The Kier molecular flexibility index (Phi) is 2.95. The summed E-state index contributed by atoms with van der Waals surface area (Å²) < 4.78 is 5.47. The lowest BCUT2D eigenvalue weighted by molar-refractivity contribution is -0.386. The molecule has 0 saturated heterocycles. The molecular formula is C11H12N2O4. The number of hydrogen-bond donors (Lipinski definition) is 1. The van der Waals surface area contributed by atoms with Crippen LogP contribution in [-0.4, -0.2) is 24.0 Å². The van der Waals surface area contributed by atoms with Crippen LogP contribution >= 0.6 is 0 Å². The van der Waals surface area contributed by atoms with E-state index in [-0.39, 0.29) is 29.0 Å². The number of nitro groups is 1. The van der Waals surface area contributed by atoms with Gasteiger partial charge in [0.05, 0.1) is 16.6 Å². The van der Waals surface area contributed by atoms with Gasteiger partial charge in [-0.1, -0.05) is 6.07 Å². The Bertz CT molecular complexity index is 469. The van der Waals surface area contributed by atoms with Gasteiger partial charge in [-0.05, 0) is 18.9 Å². The normalized spacial score (nSPS) is 14.2. The maximum Gasteiger partial charge on any atom is 0.311 e. The molecule has 0 aliphatic heterocycles. The van der Waals surface area contributed by atoms with E-state index in [0.29, 0.717) is 0 Å². The van der Waals surface area contributed by atoms with Crippen molar-refractivity contribution in [3.05, 3.63) is 33.9 Å². The van der Waals surface area contributed by atoms with Gasteiger partial charge in [0.1, 0.15) is 0 Å². The molecule has 1 saturated carbocycles. The first-order valence-corrected chi connectivity index (χ1v) is 5.29. The third kappa shape index (κ3) is 2.35. The SMILES string of the molecule is CNC(=O)c1cccc([N+](=O)[O-])c1OC1CC1. The maximum absolute atomic E-state index is 11.6. The Hall–Kier alpha value is -2.11. The monoisotopic (exact) mass is 236 g/mol. The number of carbonyl (C=O) groups is 1. The fraction of sp³-hybridized carbons (Fsp3) is 0.364. The van der Waals surface area contributed by atoms with Crippen molar-refractivity contribution in [2.45, 2.75) is 18.9 Å². The first-order valence-electron chi connectivity index (χ1n) is 5.29. The van der Waals surface area contributed by atoms with E-state index in [9.17, 15) is 14.9 Å². The smallest absolute Gasteiger partial charge is 0.311 e. The number of ether oxygens (including phenoxy) is 1. The quantitative estimate of drug-likeness (QED) is 0.634. The number of nitro benzene ring substituents is 1. The molecule has 1 aromatic rings. The van der Waals surface area contributed by atoms with Gasteiger partial charge in [0, 0.05) is 13.1 Å². The topological polar surface area (TPSA) is 81.5 Å². The van der Waals surface area contributed by atoms with Crippen LogP contribution in [0.15, 0.2) is 18.2 Å². The molecule has 17 heavy (non-hydrogen) atoms. The molecule has 0 unspecified atom stereocenters. The zero-order chi connectivity index (χ0) is 12.4. The van der Waals surface area contributed by atoms with E-state index in [1.807, 2.05) is 0 Å².